The Kier molecular flexibility index (Phi) is 5.24. The van der Waals surface area contributed by atoms with Crippen LogP contribution < -0.4 is 21.1 Å². The van der Waals surface area contributed by atoms with Crippen LogP contribution in [0.15, 0.2) is 11.1 Å². The van der Waals surface area contributed by atoms with Crippen molar-refractivity contribution >= 4 is 32.8 Å². The largest absolute Gasteiger partial charge is 0.756 e. The molecule has 2 aromatic rings. The molecule has 0 saturated carbocycles. The molecule has 1 aliphatic heterocycles. The minimum Gasteiger partial charge on any atom is -0.756 e. The van der Waals surface area contributed by atoms with Crippen molar-refractivity contribution in [2.75, 3.05) is 12.3 Å². The molecule has 5 N–H and O–H groups in total. The molecule has 3 rings (SSSR count). The molecule has 27 heavy (non-hydrogen) atoms. The second kappa shape index (κ2) is 7.05. The highest BCUT2D eigenvalue weighted by Gasteiger charge is 2.40. The Balaban J connectivity index is 1.90. The average molecular weight is 425 g/mol. The summed E-state index contributed by atoms with van der Waals surface area (Å²) in [6.45, 7) is -0.790. The van der Waals surface area contributed by atoms with E-state index in [4.69, 9.17) is 20.3 Å². The van der Waals surface area contributed by atoms with Crippen LogP contribution in [0.4, 0.5) is 5.95 Å². The number of nitrogens with two attached hydrogens (primary N) is 1. The molecule has 1 fully saturated rings. The van der Waals surface area contributed by atoms with Crippen LogP contribution in [0, 0.1) is 0 Å². The van der Waals surface area contributed by atoms with Crippen LogP contribution >= 0.6 is 15.6 Å². The van der Waals surface area contributed by atoms with E-state index in [0.717, 1.165) is 0 Å². The lowest BCUT2D eigenvalue weighted by atomic mass is 10.2. The van der Waals surface area contributed by atoms with Crippen molar-refractivity contribution in [3.8, 4) is 0 Å². The quantitative estimate of drug-likeness (QED) is 0.345. The fourth-order valence-electron chi connectivity index (χ4n) is 2.62. The Hall–Kier alpha value is -1.67. The van der Waals surface area contributed by atoms with E-state index in [-0.39, 0.29) is 23.5 Å². The third kappa shape index (κ3) is 4.79. The van der Waals surface area contributed by atoms with Gasteiger partial charge in [0.1, 0.15) is 12.3 Å². The lowest BCUT2D eigenvalue weighted by Crippen LogP contribution is -2.30. The van der Waals surface area contributed by atoms with E-state index in [2.05, 4.69) is 24.0 Å². The van der Waals surface area contributed by atoms with Gasteiger partial charge in [-0.05, 0) is 0 Å². The van der Waals surface area contributed by atoms with E-state index >= 15 is 0 Å². The molecule has 5 atom stereocenters. The number of rotatable bonds is 6. The summed E-state index contributed by atoms with van der Waals surface area (Å²) in [4.78, 5) is 61.2. The lowest BCUT2D eigenvalue weighted by molar-refractivity contribution is -0.228. The average Bonchev–Trinajstić information content (AvgIpc) is 3.06. The number of hydrogen-bond acceptors (Lipinski definition) is 11. The fourth-order valence-corrected chi connectivity index (χ4v) is 3.52. The predicted octanol–water partition coefficient (Wildman–Crippen LogP) is -2.69. The van der Waals surface area contributed by atoms with Crippen molar-refractivity contribution in [3.05, 3.63) is 16.7 Å². The van der Waals surface area contributed by atoms with Crippen LogP contribution in [0.5, 0.6) is 0 Å². The zero-order valence-electron chi connectivity index (χ0n) is 13.2. The highest BCUT2D eigenvalue weighted by atomic mass is 31.2. The van der Waals surface area contributed by atoms with Gasteiger partial charge >= 0.3 is 0 Å². The highest BCUT2D eigenvalue weighted by molar-refractivity contribution is 7.45. The molecule has 15 nitrogen and oxygen atoms in total. The normalized spacial score (nSPS) is 27.5. The van der Waals surface area contributed by atoms with Crippen molar-refractivity contribution in [2.45, 2.75) is 24.9 Å². The van der Waals surface area contributed by atoms with Crippen molar-refractivity contribution in [2.24, 2.45) is 0 Å². The smallest absolute Gasteiger partial charge is 0.280 e. The SMILES string of the molecule is Nc1nc2c(ncn2[C@H]2CC(OP(=O)([O-])O)[C@@H](COP(=O)([O-])O)O2)c(=O)[nH]1. The monoisotopic (exact) mass is 425 g/mol. The third-order valence-electron chi connectivity index (χ3n) is 3.61. The van der Waals surface area contributed by atoms with Gasteiger partial charge in [0, 0.05) is 6.42 Å². The van der Waals surface area contributed by atoms with E-state index in [9.17, 15) is 23.7 Å². The summed E-state index contributed by atoms with van der Waals surface area (Å²) < 4.78 is 37.2. The van der Waals surface area contributed by atoms with Gasteiger partial charge in [0.05, 0.1) is 19.0 Å². The molecule has 0 radical (unpaired) electrons. The summed E-state index contributed by atoms with van der Waals surface area (Å²) in [6, 6.07) is 0. The van der Waals surface area contributed by atoms with E-state index in [1.807, 2.05) is 0 Å². The molecule has 3 heterocycles. The summed E-state index contributed by atoms with van der Waals surface area (Å²) in [5.74, 6) is -0.202. The Bertz CT molecular complexity index is 994. The minimum atomic E-state index is -5.19. The topological polar surface area (TPSA) is 238 Å². The Morgan fingerprint density at radius 2 is 2.11 bits per heavy atom. The first-order valence-corrected chi connectivity index (χ1v) is 10.2. The number of ether oxygens (including phenoxy) is 1. The van der Waals surface area contributed by atoms with Crippen molar-refractivity contribution in [3.63, 3.8) is 0 Å². The standard InChI is InChI=1S/C10H15N5O10P2/c11-10-13-8-7(9(16)14-10)12-3-15(8)6-1-4(25-27(20,21)22)5(24-6)2-23-26(17,18)19/h3-6H,1-2H2,(H2,17,18,19)(H2,20,21,22)(H3,11,13,14,16)/p-2/t4?,5-,6-/m1/s1. The second-order valence-electron chi connectivity index (χ2n) is 5.52. The summed E-state index contributed by atoms with van der Waals surface area (Å²) in [5, 5.41) is 0. The van der Waals surface area contributed by atoms with Gasteiger partial charge in [-0.1, -0.05) is 0 Å². The highest BCUT2D eigenvalue weighted by Crippen LogP contribution is 2.42. The number of anilines is 1. The molecule has 2 aromatic heterocycles. The van der Waals surface area contributed by atoms with E-state index in [1.54, 1.807) is 0 Å². The first-order valence-electron chi connectivity index (χ1n) is 7.21. The number of hydrogen-bond donors (Lipinski definition) is 4. The molecular weight excluding hydrogens is 412 g/mol. The minimum absolute atomic E-state index is 0.0209. The van der Waals surface area contributed by atoms with Gasteiger partial charge in [0.2, 0.25) is 5.95 Å². The van der Waals surface area contributed by atoms with Crippen LogP contribution in [-0.4, -0.2) is 48.1 Å². The Morgan fingerprint density at radius 3 is 2.74 bits per heavy atom. The van der Waals surface area contributed by atoms with Gasteiger partial charge in [-0.2, -0.15) is 4.98 Å². The maximum absolute atomic E-state index is 11.8. The maximum atomic E-state index is 11.8. The number of phosphoric acid groups is 2. The third-order valence-corrected chi connectivity index (χ3v) is 4.62. The molecule has 0 aromatic carbocycles. The van der Waals surface area contributed by atoms with Crippen molar-refractivity contribution in [1.29, 1.82) is 0 Å². The number of phosphoric ester groups is 2. The number of H-pyrrole nitrogens is 1. The number of fused-ring (bicyclic) bond motifs is 1. The van der Waals surface area contributed by atoms with E-state index in [1.165, 1.54) is 10.9 Å². The molecule has 150 valence electrons. The molecule has 0 amide bonds. The van der Waals surface area contributed by atoms with Crippen LogP contribution in [0.1, 0.15) is 12.6 Å². The molecule has 0 spiro atoms. The van der Waals surface area contributed by atoms with Crippen molar-refractivity contribution < 1.29 is 42.5 Å². The summed E-state index contributed by atoms with van der Waals surface area (Å²) in [7, 11) is -10.3. The van der Waals surface area contributed by atoms with E-state index in [0.29, 0.717) is 0 Å². The number of aromatic amines is 1. The zero-order valence-corrected chi connectivity index (χ0v) is 15.0. The molecule has 3 unspecified atom stereocenters. The fraction of sp³-hybridized carbons (Fsp3) is 0.500. The predicted molar refractivity (Wildman–Crippen MR) is 81.6 cm³/mol. The number of nitrogens with one attached hydrogen (secondary N) is 1. The lowest BCUT2D eigenvalue weighted by Gasteiger charge is -2.25. The van der Waals surface area contributed by atoms with Gasteiger partial charge < -0.3 is 39.1 Å². The summed E-state index contributed by atoms with van der Waals surface area (Å²) >= 11 is 0. The second-order valence-corrected chi connectivity index (χ2v) is 7.86. The van der Waals surface area contributed by atoms with Gasteiger partial charge in [-0.25, -0.2) is 4.98 Å². The molecular formula is C10H13N5O10P2-2. The van der Waals surface area contributed by atoms with Gasteiger partial charge in [0.15, 0.2) is 11.2 Å². The number of imidazole rings is 1. The van der Waals surface area contributed by atoms with E-state index < -0.39 is 46.2 Å². The Morgan fingerprint density at radius 1 is 1.41 bits per heavy atom. The summed E-state index contributed by atoms with van der Waals surface area (Å²) in [6.07, 6.45) is -2.71. The first kappa shape index (κ1) is 20.1. The van der Waals surface area contributed by atoms with Gasteiger partial charge in [0.25, 0.3) is 21.2 Å². The molecule has 1 saturated heterocycles. The molecule has 0 bridgehead atoms. The Labute approximate surface area is 149 Å². The number of nitrogens with zero attached hydrogens (tertiary/aromatic N) is 3. The number of aromatic nitrogens is 4. The number of nitrogen functional groups attached to an aromatic ring is 1. The van der Waals surface area contributed by atoms with Gasteiger partial charge in [-0.15, -0.1) is 0 Å². The molecule has 17 heteroatoms. The first-order chi connectivity index (χ1) is 12.4. The van der Waals surface area contributed by atoms with Crippen LogP contribution in [-0.2, 0) is 22.9 Å². The van der Waals surface area contributed by atoms with Crippen LogP contribution in [0.3, 0.4) is 0 Å². The maximum Gasteiger partial charge on any atom is 0.280 e. The summed E-state index contributed by atoms with van der Waals surface area (Å²) in [5.41, 5.74) is 4.82. The molecule has 0 aliphatic carbocycles. The van der Waals surface area contributed by atoms with Crippen LogP contribution in [0.2, 0.25) is 0 Å². The molecule has 1 aliphatic rings. The zero-order chi connectivity index (χ0) is 20.0. The van der Waals surface area contributed by atoms with Gasteiger partial charge in [-0.3, -0.25) is 23.5 Å². The van der Waals surface area contributed by atoms with Crippen LogP contribution in [0.25, 0.3) is 11.2 Å². The van der Waals surface area contributed by atoms with Crippen molar-refractivity contribution in [1.82, 2.24) is 19.5 Å².